The molecule has 0 aliphatic rings. The van der Waals surface area contributed by atoms with Gasteiger partial charge >= 0.3 is 0 Å². The first-order chi connectivity index (χ1) is 8.15. The molecule has 0 radical (unpaired) electrons. The highest BCUT2D eigenvalue weighted by Gasteiger charge is 2.18. The van der Waals surface area contributed by atoms with Crippen LogP contribution in [0.4, 0.5) is 0 Å². The zero-order valence-corrected chi connectivity index (χ0v) is 12.7. The Labute approximate surface area is 117 Å². The second-order valence-electron chi connectivity index (χ2n) is 4.06. The molecule has 3 rings (SSSR count). The molecule has 3 heterocycles. The Morgan fingerprint density at radius 3 is 2.59 bits per heavy atom. The van der Waals surface area contributed by atoms with Gasteiger partial charge in [-0.2, -0.15) is 0 Å². The number of aryl methyl sites for hydroxylation is 2. The Hall–Kier alpha value is -0.350. The minimum absolute atomic E-state index is 0.0123. The summed E-state index contributed by atoms with van der Waals surface area (Å²) in [5, 5.41) is 2.15. The molecule has 0 aliphatic heterocycles. The predicted octanol–water partition coefficient (Wildman–Crippen LogP) is 5.97. The van der Waals surface area contributed by atoms with Crippen molar-refractivity contribution in [3.63, 3.8) is 0 Å². The molecule has 0 aromatic carbocycles. The quantitative estimate of drug-likeness (QED) is 0.511. The number of fused-ring (bicyclic) bond motifs is 1. The first kappa shape index (κ1) is 11.7. The normalized spacial score (nSPS) is 13.4. The molecular formula is C13H11ClS3. The van der Waals surface area contributed by atoms with Crippen molar-refractivity contribution in [1.82, 2.24) is 0 Å². The third-order valence-corrected chi connectivity index (χ3v) is 6.81. The van der Waals surface area contributed by atoms with E-state index in [4.69, 9.17) is 11.6 Å². The highest BCUT2D eigenvalue weighted by Crippen LogP contribution is 2.42. The lowest BCUT2D eigenvalue weighted by Gasteiger charge is -2.05. The maximum Gasteiger partial charge on any atom is 0.102 e. The minimum atomic E-state index is 0.0123. The molecule has 0 N–H and O–H groups in total. The Balaban J connectivity index is 2.04. The van der Waals surface area contributed by atoms with Gasteiger partial charge in [0.15, 0.2) is 0 Å². The van der Waals surface area contributed by atoms with Gasteiger partial charge in [0.1, 0.15) is 5.38 Å². The van der Waals surface area contributed by atoms with Crippen LogP contribution in [0.2, 0.25) is 0 Å². The summed E-state index contributed by atoms with van der Waals surface area (Å²) in [5.41, 5.74) is 1.31. The zero-order chi connectivity index (χ0) is 12.0. The summed E-state index contributed by atoms with van der Waals surface area (Å²) in [7, 11) is 0. The summed E-state index contributed by atoms with van der Waals surface area (Å²) in [4.78, 5) is 3.89. The molecule has 0 amide bonds. The maximum absolute atomic E-state index is 6.60. The van der Waals surface area contributed by atoms with Crippen LogP contribution >= 0.6 is 45.6 Å². The number of alkyl halides is 1. The summed E-state index contributed by atoms with van der Waals surface area (Å²) in [6, 6.07) is 6.62. The molecule has 1 unspecified atom stereocenters. The van der Waals surface area contributed by atoms with Crippen LogP contribution in [-0.4, -0.2) is 0 Å². The number of rotatable bonds is 2. The van der Waals surface area contributed by atoms with Gasteiger partial charge in [-0.1, -0.05) is 0 Å². The average Bonchev–Trinajstić information content (AvgIpc) is 2.90. The van der Waals surface area contributed by atoms with E-state index < -0.39 is 0 Å². The lowest BCUT2D eigenvalue weighted by Crippen LogP contribution is -1.87. The summed E-state index contributed by atoms with van der Waals surface area (Å²) >= 11 is 12.0. The van der Waals surface area contributed by atoms with Gasteiger partial charge in [-0.15, -0.1) is 45.6 Å². The van der Waals surface area contributed by atoms with Gasteiger partial charge in [0.2, 0.25) is 0 Å². The van der Waals surface area contributed by atoms with E-state index in [2.05, 4.69) is 37.4 Å². The highest BCUT2D eigenvalue weighted by molar-refractivity contribution is 7.27. The van der Waals surface area contributed by atoms with Crippen molar-refractivity contribution in [3.05, 3.63) is 43.8 Å². The van der Waals surface area contributed by atoms with Gasteiger partial charge in [0.25, 0.3) is 0 Å². The van der Waals surface area contributed by atoms with E-state index in [1.165, 1.54) is 29.6 Å². The van der Waals surface area contributed by atoms with Crippen LogP contribution in [0.5, 0.6) is 0 Å². The van der Waals surface area contributed by atoms with E-state index >= 15 is 0 Å². The molecule has 0 saturated heterocycles. The third-order valence-electron chi connectivity index (χ3n) is 2.72. The fourth-order valence-corrected chi connectivity index (χ4v) is 5.67. The van der Waals surface area contributed by atoms with E-state index in [-0.39, 0.29) is 5.38 Å². The monoisotopic (exact) mass is 298 g/mol. The Morgan fingerprint density at radius 1 is 1.12 bits per heavy atom. The van der Waals surface area contributed by atoms with Crippen molar-refractivity contribution in [2.45, 2.75) is 19.2 Å². The number of hydrogen-bond donors (Lipinski definition) is 0. The molecule has 3 aromatic heterocycles. The van der Waals surface area contributed by atoms with Crippen LogP contribution in [-0.2, 0) is 0 Å². The Morgan fingerprint density at radius 2 is 1.94 bits per heavy atom. The van der Waals surface area contributed by atoms with Crippen molar-refractivity contribution in [3.8, 4) is 0 Å². The molecule has 0 fully saturated rings. The number of hydrogen-bond acceptors (Lipinski definition) is 3. The summed E-state index contributed by atoms with van der Waals surface area (Å²) < 4.78 is 2.70. The molecule has 0 spiro atoms. The molecule has 17 heavy (non-hydrogen) atoms. The van der Waals surface area contributed by atoms with Gasteiger partial charge in [0, 0.05) is 24.0 Å². The van der Waals surface area contributed by atoms with Crippen molar-refractivity contribution in [1.29, 1.82) is 0 Å². The van der Waals surface area contributed by atoms with Crippen molar-refractivity contribution in [2.75, 3.05) is 0 Å². The SMILES string of the molecule is Cc1cc(C)c(C(Cl)c2cc3sccc3s2)s1. The fraction of sp³-hybridized carbons (Fsp3) is 0.231. The van der Waals surface area contributed by atoms with Crippen LogP contribution in [0, 0.1) is 13.8 Å². The summed E-state index contributed by atoms with van der Waals surface area (Å²) in [6.45, 7) is 4.28. The molecule has 0 nitrogen and oxygen atoms in total. The largest absolute Gasteiger partial charge is 0.143 e. The lowest BCUT2D eigenvalue weighted by molar-refractivity contribution is 1.21. The molecule has 88 valence electrons. The molecule has 1 atom stereocenters. The van der Waals surface area contributed by atoms with Gasteiger partial charge in [-0.05, 0) is 43.0 Å². The molecule has 4 heteroatoms. The van der Waals surface area contributed by atoms with Crippen LogP contribution in [0.25, 0.3) is 9.40 Å². The van der Waals surface area contributed by atoms with E-state index in [1.807, 2.05) is 22.7 Å². The topological polar surface area (TPSA) is 0 Å². The second-order valence-corrected chi connectivity index (χ2v) is 7.85. The van der Waals surface area contributed by atoms with E-state index in [1.54, 1.807) is 11.3 Å². The maximum atomic E-state index is 6.60. The fourth-order valence-electron chi connectivity index (χ4n) is 1.95. The predicted molar refractivity (Wildman–Crippen MR) is 81.2 cm³/mol. The van der Waals surface area contributed by atoms with Crippen molar-refractivity contribution >= 4 is 55.0 Å². The minimum Gasteiger partial charge on any atom is -0.143 e. The van der Waals surface area contributed by atoms with E-state index in [9.17, 15) is 0 Å². The van der Waals surface area contributed by atoms with Crippen molar-refractivity contribution < 1.29 is 0 Å². The van der Waals surface area contributed by atoms with Gasteiger partial charge in [-0.3, -0.25) is 0 Å². The average molecular weight is 299 g/mol. The first-order valence-corrected chi connectivity index (χ1v) is 8.28. The molecule has 3 aromatic rings. The van der Waals surface area contributed by atoms with Crippen LogP contribution in [0.3, 0.4) is 0 Å². The molecular weight excluding hydrogens is 288 g/mol. The molecule has 0 saturated carbocycles. The third kappa shape index (κ3) is 2.06. The second kappa shape index (κ2) is 4.39. The first-order valence-electron chi connectivity index (χ1n) is 5.33. The van der Waals surface area contributed by atoms with E-state index in [0.717, 1.165) is 0 Å². The van der Waals surface area contributed by atoms with Crippen LogP contribution in [0.15, 0.2) is 23.6 Å². The standard InChI is InChI=1S/C13H11ClS3/c1-7-5-8(2)16-13(7)12(14)11-6-10-9(17-11)3-4-15-10/h3-6,12H,1-2H3. The molecule has 0 bridgehead atoms. The van der Waals surface area contributed by atoms with E-state index in [0.29, 0.717) is 0 Å². The van der Waals surface area contributed by atoms with Gasteiger partial charge < -0.3 is 0 Å². The van der Waals surface area contributed by atoms with Crippen LogP contribution in [0.1, 0.15) is 25.6 Å². The van der Waals surface area contributed by atoms with Gasteiger partial charge in [0.05, 0.1) is 0 Å². The smallest absolute Gasteiger partial charge is 0.102 e. The lowest BCUT2D eigenvalue weighted by atomic mass is 10.2. The number of thiophene rings is 3. The zero-order valence-electron chi connectivity index (χ0n) is 9.49. The Kier molecular flexibility index (Phi) is 3.03. The summed E-state index contributed by atoms with van der Waals surface area (Å²) in [5.74, 6) is 0. The summed E-state index contributed by atoms with van der Waals surface area (Å²) in [6.07, 6.45) is 0. The number of halogens is 1. The van der Waals surface area contributed by atoms with Crippen LogP contribution < -0.4 is 0 Å². The highest BCUT2D eigenvalue weighted by atomic mass is 35.5. The Bertz CT molecular complexity index is 631. The molecule has 0 aliphatic carbocycles. The van der Waals surface area contributed by atoms with Gasteiger partial charge in [-0.25, -0.2) is 0 Å². The van der Waals surface area contributed by atoms with Crippen molar-refractivity contribution in [2.24, 2.45) is 0 Å².